The topological polar surface area (TPSA) is 43.8 Å². The lowest BCUT2D eigenvalue weighted by Crippen LogP contribution is -2.49. The molecule has 0 radical (unpaired) electrons. The van der Waals surface area contributed by atoms with Crippen LogP contribution in [0.2, 0.25) is 0 Å². The van der Waals surface area contributed by atoms with E-state index in [1.165, 1.54) is 0 Å². The molecular weight excluding hydrogens is 264 g/mol. The highest BCUT2D eigenvalue weighted by molar-refractivity contribution is 5.78. The summed E-state index contributed by atoms with van der Waals surface area (Å²) in [6, 6.07) is 0.141. The molecule has 4 heteroatoms. The zero-order chi connectivity index (χ0) is 16.0. The Morgan fingerprint density at radius 2 is 1.62 bits per heavy atom. The fourth-order valence-electron chi connectivity index (χ4n) is 3.20. The summed E-state index contributed by atoms with van der Waals surface area (Å²) in [7, 11) is 1.97. The van der Waals surface area contributed by atoms with Crippen molar-refractivity contribution in [3.05, 3.63) is 0 Å². The molecule has 1 rings (SSSR count). The van der Waals surface area contributed by atoms with Crippen LogP contribution in [0.4, 0.5) is 0 Å². The van der Waals surface area contributed by atoms with Gasteiger partial charge in [-0.2, -0.15) is 0 Å². The van der Waals surface area contributed by atoms with Gasteiger partial charge in [0.25, 0.3) is 0 Å². The third kappa shape index (κ3) is 6.35. The molecule has 2 atom stereocenters. The molecule has 0 aromatic rings. The van der Waals surface area contributed by atoms with Crippen molar-refractivity contribution in [3.8, 4) is 0 Å². The van der Waals surface area contributed by atoms with Gasteiger partial charge >= 0.3 is 0 Å². The Morgan fingerprint density at radius 1 is 1.10 bits per heavy atom. The highest BCUT2D eigenvalue weighted by atomic mass is 16.3. The third-order valence-electron chi connectivity index (χ3n) is 4.17. The van der Waals surface area contributed by atoms with E-state index in [9.17, 15) is 9.90 Å². The van der Waals surface area contributed by atoms with Crippen LogP contribution >= 0.6 is 0 Å². The number of hydrogen-bond acceptors (Lipinski definition) is 3. The maximum absolute atomic E-state index is 12.6. The highest BCUT2D eigenvalue weighted by Gasteiger charge is 2.28. The van der Waals surface area contributed by atoms with E-state index in [0.717, 1.165) is 38.8 Å². The van der Waals surface area contributed by atoms with Crippen LogP contribution in [-0.4, -0.2) is 59.6 Å². The first-order valence-corrected chi connectivity index (χ1v) is 8.47. The van der Waals surface area contributed by atoms with Crippen LogP contribution in [-0.2, 0) is 4.79 Å². The predicted molar refractivity (Wildman–Crippen MR) is 87.1 cm³/mol. The molecule has 124 valence electrons. The second-order valence-corrected chi connectivity index (χ2v) is 7.42. The van der Waals surface area contributed by atoms with Gasteiger partial charge in [0.1, 0.15) is 0 Å². The number of likely N-dealkylation sites (N-methyl/N-ethyl adjacent to an activating group) is 1. The first-order chi connectivity index (χ1) is 9.81. The molecule has 0 saturated heterocycles. The van der Waals surface area contributed by atoms with Crippen LogP contribution in [0.1, 0.15) is 53.4 Å². The fraction of sp³-hybridized carbons (Fsp3) is 0.941. The lowest BCUT2D eigenvalue weighted by molar-refractivity contribution is -0.134. The molecule has 0 aromatic heterocycles. The van der Waals surface area contributed by atoms with Gasteiger partial charge in [0, 0.05) is 19.1 Å². The molecule has 2 unspecified atom stereocenters. The maximum atomic E-state index is 12.6. The van der Waals surface area contributed by atoms with E-state index in [2.05, 4.69) is 32.6 Å². The second-order valence-electron chi connectivity index (χ2n) is 7.42. The predicted octanol–water partition coefficient (Wildman–Crippen LogP) is 2.36. The van der Waals surface area contributed by atoms with Gasteiger partial charge in [0.05, 0.1) is 12.6 Å². The molecule has 0 aliphatic heterocycles. The Balaban J connectivity index is 2.57. The molecule has 1 aliphatic rings. The molecule has 1 fully saturated rings. The van der Waals surface area contributed by atoms with Gasteiger partial charge in [-0.15, -0.1) is 0 Å². The van der Waals surface area contributed by atoms with Gasteiger partial charge in [0.2, 0.25) is 5.91 Å². The number of carbonyl (C=O) groups excluding carboxylic acids is 1. The van der Waals surface area contributed by atoms with Gasteiger partial charge in [0.15, 0.2) is 0 Å². The lowest BCUT2D eigenvalue weighted by atomic mass is 9.91. The summed E-state index contributed by atoms with van der Waals surface area (Å²) in [6.45, 7) is 10.6. The SMILES string of the molecule is CC(C)CN(CC(C)C)C(=O)CN(C)C1CCCCC1O. The molecule has 1 aliphatic carbocycles. The smallest absolute Gasteiger partial charge is 0.236 e. The largest absolute Gasteiger partial charge is 0.391 e. The zero-order valence-electron chi connectivity index (χ0n) is 14.5. The molecule has 0 aromatic carbocycles. The quantitative estimate of drug-likeness (QED) is 0.785. The number of hydrogen-bond donors (Lipinski definition) is 1. The number of rotatable bonds is 7. The molecule has 1 N–H and O–H groups in total. The van der Waals surface area contributed by atoms with Crippen molar-refractivity contribution in [2.24, 2.45) is 11.8 Å². The molecule has 4 nitrogen and oxygen atoms in total. The van der Waals surface area contributed by atoms with Crippen molar-refractivity contribution in [2.45, 2.75) is 65.5 Å². The zero-order valence-corrected chi connectivity index (χ0v) is 14.5. The number of aliphatic hydroxyl groups is 1. The minimum atomic E-state index is -0.278. The summed E-state index contributed by atoms with van der Waals surface area (Å²) in [5.41, 5.74) is 0. The van der Waals surface area contributed by atoms with Gasteiger partial charge in [-0.05, 0) is 31.7 Å². The third-order valence-corrected chi connectivity index (χ3v) is 4.17. The lowest BCUT2D eigenvalue weighted by Gasteiger charge is -2.36. The van der Waals surface area contributed by atoms with Crippen molar-refractivity contribution in [2.75, 3.05) is 26.7 Å². The van der Waals surface area contributed by atoms with E-state index in [1.807, 2.05) is 11.9 Å². The highest BCUT2D eigenvalue weighted by Crippen LogP contribution is 2.22. The monoisotopic (exact) mass is 298 g/mol. The average Bonchev–Trinajstić information content (AvgIpc) is 2.37. The van der Waals surface area contributed by atoms with Crippen molar-refractivity contribution >= 4 is 5.91 Å². The van der Waals surface area contributed by atoms with Crippen LogP contribution in [0.25, 0.3) is 0 Å². The van der Waals surface area contributed by atoms with Gasteiger partial charge in [-0.1, -0.05) is 40.5 Å². The summed E-state index contributed by atoms with van der Waals surface area (Å²) >= 11 is 0. The van der Waals surface area contributed by atoms with E-state index < -0.39 is 0 Å². The molecule has 0 spiro atoms. The molecular formula is C17H34N2O2. The number of aliphatic hydroxyl groups excluding tert-OH is 1. The number of carbonyl (C=O) groups is 1. The first kappa shape index (κ1) is 18.4. The fourth-order valence-corrected chi connectivity index (χ4v) is 3.20. The summed E-state index contributed by atoms with van der Waals surface area (Å²) in [4.78, 5) is 16.6. The van der Waals surface area contributed by atoms with Crippen LogP contribution in [0, 0.1) is 11.8 Å². The Hall–Kier alpha value is -0.610. The minimum Gasteiger partial charge on any atom is -0.391 e. The molecule has 1 amide bonds. The van der Waals surface area contributed by atoms with Gasteiger partial charge < -0.3 is 10.0 Å². The summed E-state index contributed by atoms with van der Waals surface area (Å²) < 4.78 is 0. The molecule has 0 bridgehead atoms. The second kappa shape index (κ2) is 8.74. The number of amides is 1. The van der Waals surface area contributed by atoms with E-state index >= 15 is 0 Å². The Bertz CT molecular complexity index is 308. The van der Waals surface area contributed by atoms with Gasteiger partial charge in [-0.25, -0.2) is 0 Å². The molecule has 0 heterocycles. The van der Waals surface area contributed by atoms with E-state index in [1.54, 1.807) is 0 Å². The standard InChI is InChI=1S/C17H34N2O2/c1-13(2)10-19(11-14(3)4)17(21)12-18(5)15-8-6-7-9-16(15)20/h13-16,20H,6-12H2,1-5H3. The number of nitrogens with zero attached hydrogens (tertiary/aromatic N) is 2. The Morgan fingerprint density at radius 3 is 2.10 bits per heavy atom. The Labute approximate surface area is 130 Å². The minimum absolute atomic E-state index is 0.141. The summed E-state index contributed by atoms with van der Waals surface area (Å²) in [5.74, 6) is 1.16. The summed E-state index contributed by atoms with van der Waals surface area (Å²) in [6.07, 6.45) is 3.85. The Kier molecular flexibility index (Phi) is 7.67. The van der Waals surface area contributed by atoms with Crippen LogP contribution in [0.3, 0.4) is 0 Å². The van der Waals surface area contributed by atoms with Crippen LogP contribution in [0.5, 0.6) is 0 Å². The van der Waals surface area contributed by atoms with E-state index in [4.69, 9.17) is 0 Å². The van der Waals surface area contributed by atoms with Gasteiger partial charge in [-0.3, -0.25) is 9.69 Å². The maximum Gasteiger partial charge on any atom is 0.236 e. The van der Waals surface area contributed by atoms with Crippen molar-refractivity contribution in [3.63, 3.8) is 0 Å². The normalized spacial score (nSPS) is 23.1. The van der Waals surface area contributed by atoms with Crippen molar-refractivity contribution in [1.82, 2.24) is 9.80 Å². The first-order valence-electron chi connectivity index (χ1n) is 8.47. The van der Waals surface area contributed by atoms with E-state index in [-0.39, 0.29) is 18.1 Å². The molecule has 21 heavy (non-hydrogen) atoms. The van der Waals surface area contributed by atoms with Crippen LogP contribution < -0.4 is 0 Å². The average molecular weight is 298 g/mol. The van der Waals surface area contributed by atoms with Crippen molar-refractivity contribution < 1.29 is 9.90 Å². The van der Waals surface area contributed by atoms with Crippen molar-refractivity contribution in [1.29, 1.82) is 0 Å². The van der Waals surface area contributed by atoms with Crippen LogP contribution in [0.15, 0.2) is 0 Å². The summed E-state index contributed by atoms with van der Waals surface area (Å²) in [5, 5.41) is 10.1. The molecule has 1 saturated carbocycles. The van der Waals surface area contributed by atoms with E-state index in [0.29, 0.717) is 18.4 Å².